The monoisotopic (exact) mass is 223 g/mol. The SMILES string of the molecule is BrCc1nncc2cccnc12. The Kier molecular flexibility index (Phi) is 1.99. The lowest BCUT2D eigenvalue weighted by molar-refractivity contribution is 0.989. The van der Waals surface area contributed by atoms with E-state index in [0.29, 0.717) is 5.33 Å². The fourth-order valence-electron chi connectivity index (χ4n) is 1.06. The summed E-state index contributed by atoms with van der Waals surface area (Å²) >= 11 is 3.34. The Labute approximate surface area is 78.0 Å². The van der Waals surface area contributed by atoms with E-state index >= 15 is 0 Å². The minimum absolute atomic E-state index is 0.689. The molecule has 0 bridgehead atoms. The van der Waals surface area contributed by atoms with Crippen molar-refractivity contribution in [1.82, 2.24) is 15.2 Å². The number of hydrogen-bond acceptors (Lipinski definition) is 3. The molecule has 0 amide bonds. The second kappa shape index (κ2) is 3.15. The molecule has 60 valence electrons. The van der Waals surface area contributed by atoms with Crippen LogP contribution in [0, 0.1) is 0 Å². The maximum Gasteiger partial charge on any atom is 0.0998 e. The van der Waals surface area contributed by atoms with E-state index in [1.54, 1.807) is 12.4 Å². The number of halogens is 1. The van der Waals surface area contributed by atoms with Gasteiger partial charge in [0.1, 0.15) is 0 Å². The third-order valence-corrected chi connectivity index (χ3v) is 2.15. The molecular weight excluding hydrogens is 218 g/mol. The molecule has 4 heteroatoms. The third-order valence-electron chi connectivity index (χ3n) is 1.61. The summed E-state index contributed by atoms with van der Waals surface area (Å²) in [7, 11) is 0. The molecule has 2 rings (SSSR count). The first-order valence-electron chi connectivity index (χ1n) is 3.53. The minimum Gasteiger partial charge on any atom is -0.254 e. The zero-order valence-electron chi connectivity index (χ0n) is 6.24. The number of nitrogens with zero attached hydrogens (tertiary/aromatic N) is 3. The molecule has 0 aliphatic carbocycles. The van der Waals surface area contributed by atoms with Crippen LogP contribution in [0.1, 0.15) is 5.69 Å². The molecule has 0 spiro atoms. The molecule has 0 radical (unpaired) electrons. The molecule has 2 aromatic rings. The van der Waals surface area contributed by atoms with Gasteiger partial charge in [-0.15, -0.1) is 0 Å². The molecule has 12 heavy (non-hydrogen) atoms. The van der Waals surface area contributed by atoms with Crippen molar-refractivity contribution in [2.24, 2.45) is 0 Å². The van der Waals surface area contributed by atoms with Crippen LogP contribution >= 0.6 is 15.9 Å². The van der Waals surface area contributed by atoms with Gasteiger partial charge in [0, 0.05) is 16.9 Å². The van der Waals surface area contributed by atoms with E-state index in [2.05, 4.69) is 31.1 Å². The normalized spacial score (nSPS) is 10.4. The van der Waals surface area contributed by atoms with Gasteiger partial charge in [-0.25, -0.2) is 0 Å². The van der Waals surface area contributed by atoms with Crippen LogP contribution in [0.25, 0.3) is 10.9 Å². The van der Waals surface area contributed by atoms with Crippen molar-refractivity contribution in [3.63, 3.8) is 0 Å². The van der Waals surface area contributed by atoms with Crippen LogP contribution in [0.3, 0.4) is 0 Å². The summed E-state index contributed by atoms with van der Waals surface area (Å²) in [5.41, 5.74) is 1.80. The van der Waals surface area contributed by atoms with Crippen LogP contribution in [0.4, 0.5) is 0 Å². The Morgan fingerprint density at radius 2 is 2.33 bits per heavy atom. The number of fused-ring (bicyclic) bond motifs is 1. The summed E-state index contributed by atoms with van der Waals surface area (Å²) in [5, 5.41) is 9.55. The predicted molar refractivity (Wildman–Crippen MR) is 50.0 cm³/mol. The van der Waals surface area contributed by atoms with Crippen LogP contribution in [0.2, 0.25) is 0 Å². The molecule has 2 aromatic heterocycles. The van der Waals surface area contributed by atoms with E-state index in [1.165, 1.54) is 0 Å². The van der Waals surface area contributed by atoms with Crippen molar-refractivity contribution in [2.45, 2.75) is 5.33 Å². The summed E-state index contributed by atoms with van der Waals surface area (Å²) in [6, 6.07) is 3.87. The van der Waals surface area contributed by atoms with Crippen LogP contribution in [0.15, 0.2) is 24.5 Å². The second-order valence-corrected chi connectivity index (χ2v) is 2.93. The molecule has 0 aliphatic rings. The molecule has 0 N–H and O–H groups in total. The first-order valence-corrected chi connectivity index (χ1v) is 4.65. The van der Waals surface area contributed by atoms with Crippen molar-refractivity contribution in [2.75, 3.05) is 0 Å². The van der Waals surface area contributed by atoms with Gasteiger partial charge in [-0.05, 0) is 12.1 Å². The molecular formula is C8H6BrN3. The van der Waals surface area contributed by atoms with E-state index < -0.39 is 0 Å². The first kappa shape index (κ1) is 7.61. The molecule has 2 heterocycles. The topological polar surface area (TPSA) is 38.7 Å². The summed E-state index contributed by atoms with van der Waals surface area (Å²) in [4.78, 5) is 4.22. The quantitative estimate of drug-likeness (QED) is 0.694. The van der Waals surface area contributed by atoms with Crippen LogP contribution < -0.4 is 0 Å². The number of aromatic nitrogens is 3. The third kappa shape index (κ3) is 1.18. The van der Waals surface area contributed by atoms with Gasteiger partial charge in [-0.3, -0.25) is 4.98 Å². The molecule has 0 aliphatic heterocycles. The van der Waals surface area contributed by atoms with Gasteiger partial charge in [0.05, 0.1) is 17.4 Å². The van der Waals surface area contributed by atoms with Crippen molar-refractivity contribution in [3.8, 4) is 0 Å². The Morgan fingerprint density at radius 1 is 1.42 bits per heavy atom. The zero-order chi connectivity index (χ0) is 8.39. The molecule has 0 saturated heterocycles. The Bertz CT molecular complexity index is 397. The van der Waals surface area contributed by atoms with Crippen molar-refractivity contribution in [1.29, 1.82) is 0 Å². The Morgan fingerprint density at radius 3 is 3.17 bits per heavy atom. The summed E-state index contributed by atoms with van der Waals surface area (Å²) < 4.78 is 0. The van der Waals surface area contributed by atoms with E-state index in [-0.39, 0.29) is 0 Å². The minimum atomic E-state index is 0.689. The fraction of sp³-hybridized carbons (Fsp3) is 0.125. The van der Waals surface area contributed by atoms with Crippen LogP contribution in [-0.4, -0.2) is 15.2 Å². The average Bonchev–Trinajstić information content (AvgIpc) is 2.17. The highest BCUT2D eigenvalue weighted by atomic mass is 79.9. The lowest BCUT2D eigenvalue weighted by atomic mass is 10.2. The van der Waals surface area contributed by atoms with Crippen molar-refractivity contribution < 1.29 is 0 Å². The molecule has 0 saturated carbocycles. The highest BCUT2D eigenvalue weighted by Gasteiger charge is 2.00. The lowest BCUT2D eigenvalue weighted by Crippen LogP contribution is -1.92. The van der Waals surface area contributed by atoms with Gasteiger partial charge in [-0.1, -0.05) is 15.9 Å². The highest BCUT2D eigenvalue weighted by molar-refractivity contribution is 9.08. The molecule has 3 nitrogen and oxygen atoms in total. The van der Waals surface area contributed by atoms with Gasteiger partial charge in [0.15, 0.2) is 0 Å². The second-order valence-electron chi connectivity index (χ2n) is 2.37. The van der Waals surface area contributed by atoms with Gasteiger partial charge in [0.25, 0.3) is 0 Å². The molecule has 0 atom stereocenters. The standard InChI is InChI=1S/C8H6BrN3/c9-4-7-8-6(5-11-12-7)2-1-3-10-8/h1-3,5H,4H2. The van der Waals surface area contributed by atoms with Crippen LogP contribution in [-0.2, 0) is 5.33 Å². The summed E-state index contributed by atoms with van der Waals surface area (Å²) in [5.74, 6) is 0. The number of hydrogen-bond donors (Lipinski definition) is 0. The Hall–Kier alpha value is -1.03. The maximum absolute atomic E-state index is 4.22. The fourth-order valence-corrected chi connectivity index (χ4v) is 1.44. The van der Waals surface area contributed by atoms with Crippen molar-refractivity contribution in [3.05, 3.63) is 30.2 Å². The number of rotatable bonds is 1. The molecule has 0 fully saturated rings. The van der Waals surface area contributed by atoms with Gasteiger partial charge < -0.3 is 0 Å². The number of alkyl halides is 1. The lowest BCUT2D eigenvalue weighted by Gasteiger charge is -1.98. The first-order chi connectivity index (χ1) is 5.92. The highest BCUT2D eigenvalue weighted by Crippen LogP contribution is 2.13. The van der Waals surface area contributed by atoms with Gasteiger partial charge >= 0.3 is 0 Å². The molecule has 0 aromatic carbocycles. The summed E-state index contributed by atoms with van der Waals surface area (Å²) in [6.07, 6.45) is 3.48. The average molecular weight is 224 g/mol. The van der Waals surface area contributed by atoms with Gasteiger partial charge in [0.2, 0.25) is 0 Å². The largest absolute Gasteiger partial charge is 0.254 e. The zero-order valence-corrected chi connectivity index (χ0v) is 7.82. The van der Waals surface area contributed by atoms with E-state index in [9.17, 15) is 0 Å². The van der Waals surface area contributed by atoms with E-state index in [1.807, 2.05) is 12.1 Å². The van der Waals surface area contributed by atoms with Gasteiger partial charge in [-0.2, -0.15) is 10.2 Å². The Balaban J connectivity index is 2.79. The van der Waals surface area contributed by atoms with E-state index in [4.69, 9.17) is 0 Å². The van der Waals surface area contributed by atoms with Crippen molar-refractivity contribution >= 4 is 26.8 Å². The van der Waals surface area contributed by atoms with E-state index in [0.717, 1.165) is 16.6 Å². The summed E-state index contributed by atoms with van der Waals surface area (Å²) in [6.45, 7) is 0. The smallest absolute Gasteiger partial charge is 0.0998 e. The number of pyridine rings is 1. The molecule has 0 unspecified atom stereocenters. The van der Waals surface area contributed by atoms with Crippen LogP contribution in [0.5, 0.6) is 0 Å². The maximum atomic E-state index is 4.22. The predicted octanol–water partition coefficient (Wildman–Crippen LogP) is 1.92.